The number of aryl methyl sites for hydroxylation is 1. The Kier molecular flexibility index (Phi) is 9.11. The Hall–Kier alpha value is -3.22. The number of anilines is 1. The van der Waals surface area contributed by atoms with Gasteiger partial charge in [-0.2, -0.15) is 0 Å². The second-order valence-electron chi connectivity index (χ2n) is 8.71. The molecule has 0 aliphatic carbocycles. The Labute approximate surface area is 215 Å². The molecule has 0 radical (unpaired) electrons. The van der Waals surface area contributed by atoms with Crippen molar-refractivity contribution in [1.29, 1.82) is 0 Å². The van der Waals surface area contributed by atoms with Crippen LogP contribution in [0, 0.1) is 5.92 Å². The van der Waals surface area contributed by atoms with Crippen molar-refractivity contribution in [2.24, 2.45) is 20.0 Å². The highest BCUT2D eigenvalue weighted by Crippen LogP contribution is 2.27. The number of amides is 1. The molecule has 1 atom stereocenters. The quantitative estimate of drug-likeness (QED) is 0.364. The molecule has 0 fully saturated rings. The first-order chi connectivity index (χ1) is 17.4. The van der Waals surface area contributed by atoms with Crippen molar-refractivity contribution in [3.8, 4) is 5.75 Å². The van der Waals surface area contributed by atoms with Crippen molar-refractivity contribution in [1.82, 2.24) is 18.7 Å². The van der Waals surface area contributed by atoms with Crippen LogP contribution in [0.3, 0.4) is 0 Å². The predicted molar refractivity (Wildman–Crippen MR) is 136 cm³/mol. The van der Waals surface area contributed by atoms with E-state index in [-0.39, 0.29) is 17.3 Å². The zero-order valence-electron chi connectivity index (χ0n) is 21.1. The lowest BCUT2D eigenvalue weighted by molar-refractivity contribution is -0.274. The summed E-state index contributed by atoms with van der Waals surface area (Å²) in [6.45, 7) is 4.71. The summed E-state index contributed by atoms with van der Waals surface area (Å²) < 4.78 is 45.0. The summed E-state index contributed by atoms with van der Waals surface area (Å²) >= 11 is 1.12. The maximum atomic E-state index is 13.0. The Morgan fingerprint density at radius 3 is 2.41 bits per heavy atom. The van der Waals surface area contributed by atoms with Crippen LogP contribution in [0.15, 0.2) is 39.0 Å². The Bertz CT molecular complexity index is 1360. The number of nitrogens with zero attached hydrogens (tertiary/aromatic N) is 4. The van der Waals surface area contributed by atoms with Crippen LogP contribution in [0.5, 0.6) is 5.75 Å². The fourth-order valence-corrected chi connectivity index (χ4v) is 4.75. The van der Waals surface area contributed by atoms with Gasteiger partial charge in [-0.3, -0.25) is 18.7 Å². The fourth-order valence-electron chi connectivity index (χ4n) is 3.95. The lowest BCUT2D eigenvalue weighted by Crippen LogP contribution is -2.37. The summed E-state index contributed by atoms with van der Waals surface area (Å²) in [5.41, 5.74) is -0.0827. The van der Waals surface area contributed by atoms with Crippen molar-refractivity contribution in [3.63, 3.8) is 0 Å². The number of imidazole rings is 1. The van der Waals surface area contributed by atoms with Crippen LogP contribution in [0.1, 0.15) is 39.5 Å². The van der Waals surface area contributed by atoms with Crippen molar-refractivity contribution in [2.45, 2.75) is 57.6 Å². The van der Waals surface area contributed by atoms with E-state index in [9.17, 15) is 27.6 Å². The number of aromatic nitrogens is 4. The number of ether oxygens (including phenoxy) is 1. The molecule has 37 heavy (non-hydrogen) atoms. The van der Waals surface area contributed by atoms with Crippen LogP contribution < -0.4 is 21.3 Å². The van der Waals surface area contributed by atoms with E-state index in [1.165, 1.54) is 23.7 Å². The topological polar surface area (TPSA) is 100 Å². The summed E-state index contributed by atoms with van der Waals surface area (Å²) in [6, 6.07) is 4.82. The lowest BCUT2D eigenvalue weighted by atomic mass is 9.99. The van der Waals surface area contributed by atoms with Gasteiger partial charge < -0.3 is 14.6 Å². The van der Waals surface area contributed by atoms with Gasteiger partial charge in [0.05, 0.1) is 5.75 Å². The minimum absolute atomic E-state index is 0.0653. The summed E-state index contributed by atoms with van der Waals surface area (Å²) in [6.07, 6.45) is -0.853. The van der Waals surface area contributed by atoms with E-state index in [2.05, 4.69) is 28.9 Å². The number of fused-ring (bicyclic) bond motifs is 1. The number of carbonyl (C=O) groups is 1. The molecule has 1 N–H and O–H groups in total. The molecular formula is C24H30F3N5O4S. The van der Waals surface area contributed by atoms with E-state index in [0.29, 0.717) is 22.9 Å². The largest absolute Gasteiger partial charge is 0.573 e. The van der Waals surface area contributed by atoms with Crippen LogP contribution in [0.25, 0.3) is 11.2 Å². The maximum absolute atomic E-state index is 13.0. The van der Waals surface area contributed by atoms with Crippen LogP contribution in [0.4, 0.5) is 18.9 Å². The van der Waals surface area contributed by atoms with Gasteiger partial charge in [0.1, 0.15) is 5.75 Å². The van der Waals surface area contributed by atoms with Crippen LogP contribution in [0.2, 0.25) is 0 Å². The first-order valence-corrected chi connectivity index (χ1v) is 12.9. The second-order valence-corrected chi connectivity index (χ2v) is 9.65. The van der Waals surface area contributed by atoms with Crippen LogP contribution in [-0.4, -0.2) is 36.7 Å². The third-order valence-electron chi connectivity index (χ3n) is 6.00. The van der Waals surface area contributed by atoms with Crippen LogP contribution in [-0.2, 0) is 25.4 Å². The molecule has 0 saturated carbocycles. The van der Waals surface area contributed by atoms with Crippen molar-refractivity contribution >= 4 is 34.5 Å². The van der Waals surface area contributed by atoms with Gasteiger partial charge in [0, 0.05) is 26.3 Å². The number of nitrogens with one attached hydrogen (secondary N) is 1. The minimum Gasteiger partial charge on any atom is -0.406 e. The van der Waals surface area contributed by atoms with E-state index in [4.69, 9.17) is 0 Å². The van der Waals surface area contributed by atoms with E-state index in [1.54, 1.807) is 11.6 Å². The molecule has 1 aromatic carbocycles. The molecule has 0 aliphatic heterocycles. The molecule has 0 bridgehead atoms. The Balaban J connectivity index is 1.84. The number of thioether (sulfide) groups is 1. The Morgan fingerprint density at radius 1 is 1.14 bits per heavy atom. The van der Waals surface area contributed by atoms with Crippen molar-refractivity contribution in [2.75, 3.05) is 11.1 Å². The van der Waals surface area contributed by atoms with E-state index in [0.717, 1.165) is 54.1 Å². The summed E-state index contributed by atoms with van der Waals surface area (Å²) in [5, 5.41) is 3.06. The van der Waals surface area contributed by atoms with Crippen molar-refractivity contribution < 1.29 is 22.7 Å². The minimum atomic E-state index is -4.80. The molecule has 13 heteroatoms. The molecule has 2 heterocycles. The number of hydrogen-bond acceptors (Lipinski definition) is 6. The first-order valence-electron chi connectivity index (χ1n) is 11.9. The van der Waals surface area contributed by atoms with Crippen LogP contribution >= 0.6 is 11.8 Å². The number of halogens is 3. The zero-order valence-corrected chi connectivity index (χ0v) is 21.9. The third kappa shape index (κ3) is 6.96. The molecule has 3 rings (SSSR count). The van der Waals surface area contributed by atoms with E-state index in [1.807, 2.05) is 0 Å². The van der Waals surface area contributed by atoms with Gasteiger partial charge in [-0.15, -0.1) is 13.2 Å². The highest BCUT2D eigenvalue weighted by molar-refractivity contribution is 7.99. The second kappa shape index (κ2) is 11.9. The van der Waals surface area contributed by atoms with Gasteiger partial charge in [-0.05, 0) is 36.6 Å². The molecular weight excluding hydrogens is 511 g/mol. The highest BCUT2D eigenvalue weighted by atomic mass is 32.2. The average Bonchev–Trinajstić information content (AvgIpc) is 3.21. The van der Waals surface area contributed by atoms with Crippen molar-refractivity contribution in [3.05, 3.63) is 45.1 Å². The molecule has 0 aliphatic rings. The maximum Gasteiger partial charge on any atom is 0.573 e. The first kappa shape index (κ1) is 28.4. The third-order valence-corrected chi connectivity index (χ3v) is 6.98. The summed E-state index contributed by atoms with van der Waals surface area (Å²) in [5.74, 6) is -0.587. The van der Waals surface area contributed by atoms with Gasteiger partial charge in [0.2, 0.25) is 5.91 Å². The summed E-state index contributed by atoms with van der Waals surface area (Å²) in [7, 11) is 2.96. The number of hydrogen-bond donors (Lipinski definition) is 1. The summed E-state index contributed by atoms with van der Waals surface area (Å²) in [4.78, 5) is 42.6. The molecule has 202 valence electrons. The standard InChI is InChI=1S/C24H30F3N5O4S/c1-5-7-8-15(6-2)13-32-19-20(30(3)23(35)31(4)21(19)34)29-22(32)37-14-18(33)28-16-9-11-17(12-10-16)36-24(25,26)27/h9-12,15H,5-8,13-14H2,1-4H3,(H,28,33)/t15-/m0/s1. The normalized spacial score (nSPS) is 12.6. The molecule has 3 aromatic rings. The zero-order chi connectivity index (χ0) is 27.3. The van der Waals surface area contributed by atoms with Gasteiger partial charge in [0.25, 0.3) is 5.56 Å². The lowest BCUT2D eigenvalue weighted by Gasteiger charge is -2.17. The number of alkyl halides is 3. The molecule has 0 saturated heterocycles. The average molecular weight is 542 g/mol. The smallest absolute Gasteiger partial charge is 0.406 e. The molecule has 2 aromatic heterocycles. The van der Waals surface area contributed by atoms with Gasteiger partial charge in [-0.1, -0.05) is 44.9 Å². The molecule has 1 amide bonds. The molecule has 9 nitrogen and oxygen atoms in total. The Morgan fingerprint density at radius 2 is 1.81 bits per heavy atom. The van der Waals surface area contributed by atoms with Gasteiger partial charge in [0.15, 0.2) is 16.3 Å². The van der Waals surface area contributed by atoms with E-state index < -0.39 is 29.3 Å². The molecule has 0 spiro atoms. The highest BCUT2D eigenvalue weighted by Gasteiger charge is 2.31. The number of benzene rings is 1. The number of rotatable bonds is 11. The number of carbonyl (C=O) groups excluding carboxylic acids is 1. The fraction of sp³-hybridized carbons (Fsp3) is 0.500. The van der Waals surface area contributed by atoms with Gasteiger partial charge >= 0.3 is 12.1 Å². The predicted octanol–water partition coefficient (Wildman–Crippen LogP) is 4.28. The SMILES string of the molecule is CCCC[C@H](CC)Cn1c(SCC(=O)Nc2ccc(OC(F)(F)F)cc2)nc2c1c(=O)n(C)c(=O)n2C. The molecule has 0 unspecified atom stereocenters. The number of unbranched alkanes of at least 4 members (excludes halogenated alkanes) is 1. The van der Waals surface area contributed by atoms with Gasteiger partial charge in [-0.25, -0.2) is 9.78 Å². The monoisotopic (exact) mass is 541 g/mol. The van der Waals surface area contributed by atoms with E-state index >= 15 is 0 Å².